The molecule has 1 N–H and O–H groups in total. The van der Waals surface area contributed by atoms with Gasteiger partial charge in [0.05, 0.1) is 6.61 Å². The molecule has 1 fully saturated rings. The van der Waals surface area contributed by atoms with Gasteiger partial charge < -0.3 is 10.0 Å². The summed E-state index contributed by atoms with van der Waals surface area (Å²) in [7, 11) is 2.22. The Kier molecular flexibility index (Phi) is 5.58. The van der Waals surface area contributed by atoms with Crippen molar-refractivity contribution in [2.75, 3.05) is 33.3 Å². The molecular weight excluding hydrogens is 188 g/mol. The van der Waals surface area contributed by atoms with E-state index in [1.54, 1.807) is 0 Å². The molecule has 0 spiro atoms. The van der Waals surface area contributed by atoms with Crippen LogP contribution >= 0.6 is 0 Å². The zero-order valence-electron chi connectivity index (χ0n) is 10.4. The Balaban J connectivity index is 2.41. The molecule has 1 atom stereocenters. The molecule has 0 radical (unpaired) electrons. The number of likely N-dealkylation sites (N-methyl/N-ethyl adjacent to an activating group) is 1. The molecule has 3 nitrogen and oxygen atoms in total. The van der Waals surface area contributed by atoms with Crippen LogP contribution in [0.2, 0.25) is 0 Å². The van der Waals surface area contributed by atoms with Gasteiger partial charge in [-0.2, -0.15) is 0 Å². The third-order valence-corrected chi connectivity index (χ3v) is 3.48. The van der Waals surface area contributed by atoms with Crippen molar-refractivity contribution in [2.24, 2.45) is 0 Å². The first kappa shape index (κ1) is 12.9. The molecule has 1 unspecified atom stereocenters. The summed E-state index contributed by atoms with van der Waals surface area (Å²) in [6.45, 7) is 7.83. The van der Waals surface area contributed by atoms with E-state index in [1.165, 1.54) is 25.8 Å². The lowest BCUT2D eigenvalue weighted by Crippen LogP contribution is -2.47. The Morgan fingerprint density at radius 3 is 2.67 bits per heavy atom. The average Bonchev–Trinajstić information content (AvgIpc) is 2.20. The van der Waals surface area contributed by atoms with E-state index < -0.39 is 0 Å². The quantitative estimate of drug-likeness (QED) is 0.744. The SMILES string of the molecule is CC(C)N(CCO)CC1CCCCN1C. The van der Waals surface area contributed by atoms with Crippen molar-refractivity contribution in [1.29, 1.82) is 0 Å². The normalized spacial score (nSPS) is 24.0. The van der Waals surface area contributed by atoms with Gasteiger partial charge in [-0.15, -0.1) is 0 Å². The second-order valence-electron chi connectivity index (χ2n) is 4.94. The van der Waals surface area contributed by atoms with Crippen molar-refractivity contribution >= 4 is 0 Å². The minimum atomic E-state index is 0.272. The molecule has 0 aromatic rings. The van der Waals surface area contributed by atoms with E-state index in [9.17, 15) is 0 Å². The molecular formula is C12H26N2O. The van der Waals surface area contributed by atoms with Crippen LogP contribution < -0.4 is 0 Å². The number of rotatable bonds is 5. The van der Waals surface area contributed by atoms with Gasteiger partial charge in [-0.3, -0.25) is 4.90 Å². The lowest BCUT2D eigenvalue weighted by atomic mass is 10.0. The largest absolute Gasteiger partial charge is 0.395 e. The molecule has 3 heteroatoms. The fourth-order valence-corrected chi connectivity index (χ4v) is 2.33. The molecule has 15 heavy (non-hydrogen) atoms. The molecule has 0 aromatic carbocycles. The Morgan fingerprint density at radius 2 is 2.13 bits per heavy atom. The summed E-state index contributed by atoms with van der Waals surface area (Å²) in [6.07, 6.45) is 4.01. The number of likely N-dealkylation sites (tertiary alicyclic amines) is 1. The summed E-state index contributed by atoms with van der Waals surface area (Å²) in [4.78, 5) is 4.85. The lowest BCUT2D eigenvalue weighted by Gasteiger charge is -2.37. The first-order chi connectivity index (χ1) is 7.15. The maximum absolute atomic E-state index is 9.03. The Morgan fingerprint density at radius 1 is 1.40 bits per heavy atom. The summed E-state index contributed by atoms with van der Waals surface area (Å²) in [6, 6.07) is 1.22. The second-order valence-corrected chi connectivity index (χ2v) is 4.94. The Labute approximate surface area is 94.1 Å². The van der Waals surface area contributed by atoms with Crippen LogP contribution in [-0.2, 0) is 0 Å². The molecule has 0 bridgehead atoms. The van der Waals surface area contributed by atoms with Gasteiger partial charge in [-0.25, -0.2) is 0 Å². The monoisotopic (exact) mass is 214 g/mol. The van der Waals surface area contributed by atoms with Crippen LogP contribution in [0.1, 0.15) is 33.1 Å². The van der Waals surface area contributed by atoms with Crippen LogP contribution in [-0.4, -0.2) is 60.3 Å². The van der Waals surface area contributed by atoms with Gasteiger partial charge in [0, 0.05) is 25.2 Å². The van der Waals surface area contributed by atoms with Crippen molar-refractivity contribution in [3.8, 4) is 0 Å². The van der Waals surface area contributed by atoms with Crippen LogP contribution in [0, 0.1) is 0 Å². The molecule has 0 aromatic heterocycles. The van der Waals surface area contributed by atoms with Crippen molar-refractivity contribution in [3.05, 3.63) is 0 Å². The third-order valence-electron chi connectivity index (χ3n) is 3.48. The molecule has 0 amide bonds. The van der Waals surface area contributed by atoms with Gasteiger partial charge in [0.1, 0.15) is 0 Å². The minimum absolute atomic E-state index is 0.272. The standard InChI is InChI=1S/C12H26N2O/c1-11(2)14(8-9-15)10-12-6-4-5-7-13(12)3/h11-12,15H,4-10H2,1-3H3. The fraction of sp³-hybridized carbons (Fsp3) is 1.00. The van der Waals surface area contributed by atoms with Crippen LogP contribution in [0.5, 0.6) is 0 Å². The van der Waals surface area contributed by atoms with E-state index in [0.29, 0.717) is 12.1 Å². The van der Waals surface area contributed by atoms with Crippen molar-refractivity contribution in [2.45, 2.75) is 45.2 Å². The number of aliphatic hydroxyl groups excluding tert-OH is 1. The topological polar surface area (TPSA) is 26.7 Å². The van der Waals surface area contributed by atoms with Gasteiger partial charge in [-0.1, -0.05) is 6.42 Å². The van der Waals surface area contributed by atoms with Gasteiger partial charge in [0.25, 0.3) is 0 Å². The fourth-order valence-electron chi connectivity index (χ4n) is 2.33. The number of hydrogen-bond donors (Lipinski definition) is 1. The molecule has 1 heterocycles. The molecule has 90 valence electrons. The molecule has 1 aliphatic rings. The predicted octanol–water partition coefficient (Wildman–Crippen LogP) is 1.17. The van der Waals surface area contributed by atoms with Crippen molar-refractivity contribution in [3.63, 3.8) is 0 Å². The van der Waals surface area contributed by atoms with Gasteiger partial charge in [0.2, 0.25) is 0 Å². The van der Waals surface area contributed by atoms with E-state index in [0.717, 1.165) is 13.1 Å². The van der Waals surface area contributed by atoms with E-state index in [4.69, 9.17) is 5.11 Å². The van der Waals surface area contributed by atoms with Gasteiger partial charge in [-0.05, 0) is 40.3 Å². The maximum Gasteiger partial charge on any atom is 0.0558 e. The van der Waals surface area contributed by atoms with Crippen molar-refractivity contribution < 1.29 is 5.11 Å². The summed E-state index contributed by atoms with van der Waals surface area (Å²) in [5.41, 5.74) is 0. The molecule has 1 aliphatic heterocycles. The smallest absolute Gasteiger partial charge is 0.0558 e. The van der Waals surface area contributed by atoms with Gasteiger partial charge in [0.15, 0.2) is 0 Å². The summed E-state index contributed by atoms with van der Waals surface area (Å²) in [5, 5.41) is 9.03. The zero-order valence-corrected chi connectivity index (χ0v) is 10.4. The molecule has 1 saturated heterocycles. The van der Waals surface area contributed by atoms with Crippen molar-refractivity contribution in [1.82, 2.24) is 9.80 Å². The first-order valence-electron chi connectivity index (χ1n) is 6.20. The first-order valence-corrected chi connectivity index (χ1v) is 6.20. The molecule has 1 rings (SSSR count). The highest BCUT2D eigenvalue weighted by molar-refractivity contribution is 4.78. The van der Waals surface area contributed by atoms with Crippen LogP contribution in [0.3, 0.4) is 0 Å². The summed E-state index contributed by atoms with van der Waals surface area (Å²) >= 11 is 0. The average molecular weight is 214 g/mol. The lowest BCUT2D eigenvalue weighted by molar-refractivity contribution is 0.0960. The predicted molar refractivity (Wildman–Crippen MR) is 64.1 cm³/mol. The number of hydrogen-bond acceptors (Lipinski definition) is 3. The number of nitrogens with zero attached hydrogens (tertiary/aromatic N) is 2. The van der Waals surface area contributed by atoms with Gasteiger partial charge >= 0.3 is 0 Å². The van der Waals surface area contributed by atoms with Crippen LogP contribution in [0.15, 0.2) is 0 Å². The second kappa shape index (κ2) is 6.46. The number of piperidine rings is 1. The highest BCUT2D eigenvalue weighted by Gasteiger charge is 2.22. The maximum atomic E-state index is 9.03. The zero-order chi connectivity index (χ0) is 11.3. The number of aliphatic hydroxyl groups is 1. The molecule has 0 saturated carbocycles. The molecule has 0 aliphatic carbocycles. The third kappa shape index (κ3) is 4.09. The van der Waals surface area contributed by atoms with E-state index in [2.05, 4.69) is 30.7 Å². The highest BCUT2D eigenvalue weighted by atomic mass is 16.3. The minimum Gasteiger partial charge on any atom is -0.395 e. The summed E-state index contributed by atoms with van der Waals surface area (Å²) < 4.78 is 0. The van der Waals surface area contributed by atoms with E-state index >= 15 is 0 Å². The highest BCUT2D eigenvalue weighted by Crippen LogP contribution is 2.16. The Hall–Kier alpha value is -0.120. The Bertz CT molecular complexity index is 171. The van der Waals surface area contributed by atoms with Crippen LogP contribution in [0.25, 0.3) is 0 Å². The van der Waals surface area contributed by atoms with E-state index in [-0.39, 0.29) is 6.61 Å². The summed E-state index contributed by atoms with van der Waals surface area (Å²) in [5.74, 6) is 0. The van der Waals surface area contributed by atoms with E-state index in [1.807, 2.05) is 0 Å². The van der Waals surface area contributed by atoms with Crippen LogP contribution in [0.4, 0.5) is 0 Å².